The van der Waals surface area contributed by atoms with E-state index < -0.39 is 28.1 Å². The van der Waals surface area contributed by atoms with Gasteiger partial charge in [0.15, 0.2) is 0 Å². The van der Waals surface area contributed by atoms with E-state index in [1.54, 1.807) is 20.8 Å². The van der Waals surface area contributed by atoms with E-state index in [4.69, 9.17) is 0 Å². The topological polar surface area (TPSA) is 84.3 Å². The van der Waals surface area contributed by atoms with Crippen LogP contribution in [0.1, 0.15) is 32.8 Å². The van der Waals surface area contributed by atoms with Crippen LogP contribution in [0.4, 0.5) is 20.2 Å². The predicted molar refractivity (Wildman–Crippen MR) is 74.4 cm³/mol. The van der Waals surface area contributed by atoms with Crippen LogP contribution in [0.3, 0.4) is 0 Å². The van der Waals surface area contributed by atoms with Crippen LogP contribution in [0.25, 0.3) is 0 Å². The molecule has 0 unspecified atom stereocenters. The zero-order valence-electron chi connectivity index (χ0n) is 11.9. The van der Waals surface area contributed by atoms with Crippen molar-refractivity contribution in [1.29, 1.82) is 0 Å². The summed E-state index contributed by atoms with van der Waals surface area (Å²) >= 11 is 0. The first-order chi connectivity index (χ1) is 9.60. The van der Waals surface area contributed by atoms with E-state index >= 15 is 0 Å². The summed E-state index contributed by atoms with van der Waals surface area (Å²) in [5, 5.41) is 15.8. The summed E-state index contributed by atoms with van der Waals surface area (Å²) in [6, 6.07) is 3.08. The van der Waals surface area contributed by atoms with Crippen LogP contribution in [-0.4, -0.2) is 22.9 Å². The minimum atomic E-state index is -2.88. The van der Waals surface area contributed by atoms with Crippen molar-refractivity contribution < 1.29 is 18.5 Å². The lowest BCUT2D eigenvalue weighted by atomic mass is 10.1. The summed E-state index contributed by atoms with van der Waals surface area (Å²) in [6.07, 6.45) is -2.88. The van der Waals surface area contributed by atoms with Crippen LogP contribution in [0.15, 0.2) is 18.2 Å². The number of carbonyl (C=O) groups excluding carboxylic acids is 1. The molecule has 0 saturated heterocycles. The highest BCUT2D eigenvalue weighted by Gasteiger charge is 2.19. The third-order valence-corrected chi connectivity index (χ3v) is 2.43. The molecule has 116 valence electrons. The average molecular weight is 301 g/mol. The van der Waals surface area contributed by atoms with Crippen molar-refractivity contribution >= 4 is 17.3 Å². The second-order valence-electron chi connectivity index (χ2n) is 5.48. The fourth-order valence-electron chi connectivity index (χ4n) is 1.64. The molecule has 0 aliphatic heterocycles. The number of nitro groups is 1. The van der Waals surface area contributed by atoms with E-state index in [0.717, 1.165) is 12.1 Å². The maximum absolute atomic E-state index is 12.9. The molecule has 0 fully saturated rings. The lowest BCUT2D eigenvalue weighted by Gasteiger charge is -2.21. The molecule has 2 N–H and O–H groups in total. The zero-order valence-corrected chi connectivity index (χ0v) is 11.9. The highest BCUT2D eigenvalue weighted by atomic mass is 19.3. The lowest BCUT2D eigenvalue weighted by molar-refractivity contribution is -0.385. The number of hydrogen-bond acceptors (Lipinski definition) is 4. The smallest absolute Gasteiger partial charge is 0.270 e. The summed E-state index contributed by atoms with van der Waals surface area (Å²) in [7, 11) is 0. The molecule has 0 aromatic heterocycles. The molecule has 0 radical (unpaired) electrons. The Morgan fingerprint density at radius 3 is 2.48 bits per heavy atom. The van der Waals surface area contributed by atoms with Crippen molar-refractivity contribution in [1.82, 2.24) is 5.32 Å². The van der Waals surface area contributed by atoms with Gasteiger partial charge in [0.25, 0.3) is 12.1 Å². The summed E-state index contributed by atoms with van der Waals surface area (Å²) in [5.74, 6) is -0.360. The number of halogens is 2. The number of alkyl halides is 2. The predicted octanol–water partition coefficient (Wildman–Crippen LogP) is 2.86. The van der Waals surface area contributed by atoms with Crippen molar-refractivity contribution in [3.05, 3.63) is 33.9 Å². The van der Waals surface area contributed by atoms with E-state index in [9.17, 15) is 23.7 Å². The van der Waals surface area contributed by atoms with Crippen LogP contribution >= 0.6 is 0 Å². The van der Waals surface area contributed by atoms with Crippen molar-refractivity contribution in [2.75, 3.05) is 11.9 Å². The number of amides is 1. The molecule has 0 bridgehead atoms. The molecule has 1 aromatic carbocycles. The van der Waals surface area contributed by atoms with Gasteiger partial charge in [-0.2, -0.15) is 0 Å². The third kappa shape index (κ3) is 5.33. The van der Waals surface area contributed by atoms with Gasteiger partial charge in [-0.1, -0.05) is 0 Å². The fraction of sp³-hybridized carbons (Fsp3) is 0.462. The Morgan fingerprint density at radius 1 is 1.38 bits per heavy atom. The minimum Gasteiger partial charge on any atom is -0.376 e. The first-order valence-corrected chi connectivity index (χ1v) is 6.21. The molecular weight excluding hydrogens is 284 g/mol. The maximum Gasteiger partial charge on any atom is 0.270 e. The Balaban J connectivity index is 2.84. The van der Waals surface area contributed by atoms with Crippen molar-refractivity contribution in [2.45, 2.75) is 32.7 Å². The van der Waals surface area contributed by atoms with Crippen LogP contribution in [0.2, 0.25) is 0 Å². The SMILES string of the molecule is CC(C)(C)NC(=O)CNc1ccc([N+](=O)[O-])cc1C(F)F. The van der Waals surface area contributed by atoms with E-state index in [1.807, 2.05) is 0 Å². The van der Waals surface area contributed by atoms with Gasteiger partial charge in [-0.3, -0.25) is 14.9 Å². The molecule has 6 nitrogen and oxygen atoms in total. The first kappa shape index (κ1) is 16.8. The van der Waals surface area contributed by atoms with Gasteiger partial charge >= 0.3 is 0 Å². The monoisotopic (exact) mass is 301 g/mol. The molecule has 0 spiro atoms. The molecule has 21 heavy (non-hydrogen) atoms. The minimum absolute atomic E-state index is 0.000316. The molecule has 0 heterocycles. The standard InChI is InChI=1S/C13H17F2N3O3/c1-13(2,3)17-11(19)7-16-10-5-4-8(18(20)21)6-9(10)12(14)15/h4-6,12,16H,7H2,1-3H3,(H,17,19). The van der Waals surface area contributed by atoms with E-state index in [0.29, 0.717) is 0 Å². The second kappa shape index (κ2) is 6.47. The number of nitrogens with zero attached hydrogens (tertiary/aromatic N) is 1. The highest BCUT2D eigenvalue weighted by Crippen LogP contribution is 2.30. The van der Waals surface area contributed by atoms with Gasteiger partial charge in [0.2, 0.25) is 5.91 Å². The zero-order chi connectivity index (χ0) is 16.2. The van der Waals surface area contributed by atoms with Crippen molar-refractivity contribution in [3.8, 4) is 0 Å². The number of benzene rings is 1. The number of non-ortho nitro benzene ring substituents is 1. The first-order valence-electron chi connectivity index (χ1n) is 6.21. The maximum atomic E-state index is 12.9. The molecule has 0 atom stereocenters. The fourth-order valence-corrected chi connectivity index (χ4v) is 1.64. The molecular formula is C13H17F2N3O3. The van der Waals surface area contributed by atoms with Crippen LogP contribution in [0, 0.1) is 10.1 Å². The Hall–Kier alpha value is -2.25. The number of nitrogens with one attached hydrogen (secondary N) is 2. The highest BCUT2D eigenvalue weighted by molar-refractivity contribution is 5.81. The van der Waals surface area contributed by atoms with Crippen LogP contribution in [0.5, 0.6) is 0 Å². The van der Waals surface area contributed by atoms with Gasteiger partial charge in [-0.25, -0.2) is 8.78 Å². The molecule has 1 amide bonds. The Kier molecular flexibility index (Phi) is 5.17. The van der Waals surface area contributed by atoms with E-state index in [-0.39, 0.29) is 18.1 Å². The van der Waals surface area contributed by atoms with Crippen LogP contribution < -0.4 is 10.6 Å². The Bertz CT molecular complexity index is 542. The summed E-state index contributed by atoms with van der Waals surface area (Å²) in [6.45, 7) is 5.18. The van der Waals surface area contributed by atoms with Gasteiger partial charge in [-0.15, -0.1) is 0 Å². The number of nitro benzene ring substituents is 1. The van der Waals surface area contributed by atoms with Crippen LogP contribution in [-0.2, 0) is 4.79 Å². The number of anilines is 1. The van der Waals surface area contributed by atoms with Gasteiger partial charge in [-0.05, 0) is 26.8 Å². The summed E-state index contributed by atoms with van der Waals surface area (Å²) in [4.78, 5) is 21.5. The van der Waals surface area contributed by atoms with Gasteiger partial charge in [0.1, 0.15) is 0 Å². The van der Waals surface area contributed by atoms with E-state index in [1.165, 1.54) is 6.07 Å². The number of carbonyl (C=O) groups is 1. The molecule has 0 saturated carbocycles. The molecule has 1 rings (SSSR count). The van der Waals surface area contributed by atoms with E-state index in [2.05, 4.69) is 10.6 Å². The van der Waals surface area contributed by atoms with Gasteiger partial charge < -0.3 is 10.6 Å². The lowest BCUT2D eigenvalue weighted by Crippen LogP contribution is -2.43. The average Bonchev–Trinajstić information content (AvgIpc) is 2.33. The normalized spacial score (nSPS) is 11.3. The largest absolute Gasteiger partial charge is 0.376 e. The number of hydrogen-bond donors (Lipinski definition) is 2. The summed E-state index contributed by atoms with van der Waals surface area (Å²) in [5.41, 5.74) is -1.36. The quantitative estimate of drug-likeness (QED) is 0.647. The molecule has 1 aromatic rings. The Morgan fingerprint density at radius 2 is 2.00 bits per heavy atom. The number of rotatable bonds is 5. The second-order valence-corrected chi connectivity index (χ2v) is 5.48. The van der Waals surface area contributed by atoms with Gasteiger partial charge in [0, 0.05) is 28.9 Å². The van der Waals surface area contributed by atoms with Gasteiger partial charge in [0.05, 0.1) is 11.5 Å². The molecule has 8 heteroatoms. The summed E-state index contributed by atoms with van der Waals surface area (Å²) < 4.78 is 25.8. The molecule has 0 aliphatic rings. The molecule has 0 aliphatic carbocycles. The Labute approximate surface area is 120 Å². The third-order valence-electron chi connectivity index (χ3n) is 2.43. The van der Waals surface area contributed by atoms with Crippen molar-refractivity contribution in [3.63, 3.8) is 0 Å². The van der Waals surface area contributed by atoms with Crippen molar-refractivity contribution in [2.24, 2.45) is 0 Å².